The van der Waals surface area contributed by atoms with Crippen LogP contribution < -0.4 is 10.6 Å². The second-order valence-corrected chi connectivity index (χ2v) is 4.13. The number of amides is 2. The molecule has 0 bridgehead atoms. The van der Waals surface area contributed by atoms with Gasteiger partial charge in [0.1, 0.15) is 5.76 Å². The topological polar surface area (TPSA) is 74.6 Å². The molecule has 0 saturated carbocycles. The van der Waals surface area contributed by atoms with Gasteiger partial charge in [0.25, 0.3) is 0 Å². The van der Waals surface area contributed by atoms with Crippen LogP contribution in [0.3, 0.4) is 0 Å². The maximum absolute atomic E-state index is 11.8. The van der Waals surface area contributed by atoms with Crippen molar-refractivity contribution in [2.75, 3.05) is 32.7 Å². The van der Waals surface area contributed by atoms with Gasteiger partial charge in [0.2, 0.25) is 0 Å². The van der Waals surface area contributed by atoms with Crippen LogP contribution in [0, 0.1) is 0 Å². The Labute approximate surface area is 105 Å². The highest BCUT2D eigenvalue weighted by atomic mass is 16.3. The summed E-state index contributed by atoms with van der Waals surface area (Å²) in [5.41, 5.74) is 0. The first-order chi connectivity index (χ1) is 8.77. The van der Waals surface area contributed by atoms with E-state index >= 15 is 0 Å². The van der Waals surface area contributed by atoms with Crippen molar-refractivity contribution >= 4 is 11.8 Å². The quantitative estimate of drug-likeness (QED) is 0.701. The van der Waals surface area contributed by atoms with E-state index in [-0.39, 0.29) is 0 Å². The molecule has 0 atom stereocenters. The molecule has 1 aromatic heterocycles. The number of nitrogens with zero attached hydrogens (tertiary/aromatic N) is 1. The molecule has 2 heterocycles. The SMILES string of the molecule is O=C(NCCc1ccco1)C(=O)N1CCNCC1. The summed E-state index contributed by atoms with van der Waals surface area (Å²) in [6, 6.07) is 3.63. The van der Waals surface area contributed by atoms with Gasteiger partial charge < -0.3 is 20.0 Å². The van der Waals surface area contributed by atoms with E-state index in [4.69, 9.17) is 4.42 Å². The molecule has 1 saturated heterocycles. The Kier molecular flexibility index (Phi) is 4.35. The second-order valence-electron chi connectivity index (χ2n) is 4.13. The van der Waals surface area contributed by atoms with E-state index < -0.39 is 11.8 Å². The van der Waals surface area contributed by atoms with Crippen molar-refractivity contribution in [3.05, 3.63) is 24.2 Å². The summed E-state index contributed by atoms with van der Waals surface area (Å²) in [6.07, 6.45) is 2.18. The molecular formula is C12H17N3O3. The van der Waals surface area contributed by atoms with Gasteiger partial charge >= 0.3 is 11.8 Å². The van der Waals surface area contributed by atoms with Crippen molar-refractivity contribution in [2.45, 2.75) is 6.42 Å². The van der Waals surface area contributed by atoms with E-state index in [0.717, 1.165) is 18.8 Å². The molecule has 6 heteroatoms. The van der Waals surface area contributed by atoms with Crippen LogP contribution in [0.4, 0.5) is 0 Å². The molecule has 1 aliphatic heterocycles. The third-order valence-electron chi connectivity index (χ3n) is 2.84. The lowest BCUT2D eigenvalue weighted by Gasteiger charge is -2.26. The summed E-state index contributed by atoms with van der Waals surface area (Å²) < 4.78 is 5.14. The zero-order chi connectivity index (χ0) is 12.8. The molecular weight excluding hydrogens is 234 g/mol. The number of rotatable bonds is 3. The van der Waals surface area contributed by atoms with Gasteiger partial charge in [-0.3, -0.25) is 9.59 Å². The minimum absolute atomic E-state index is 0.407. The molecule has 98 valence electrons. The summed E-state index contributed by atoms with van der Waals surface area (Å²) in [4.78, 5) is 24.9. The molecule has 1 aliphatic rings. The Morgan fingerprint density at radius 3 is 2.83 bits per heavy atom. The van der Waals surface area contributed by atoms with Crippen LogP contribution in [0.2, 0.25) is 0 Å². The minimum Gasteiger partial charge on any atom is -0.469 e. The van der Waals surface area contributed by atoms with E-state index in [1.54, 1.807) is 17.2 Å². The smallest absolute Gasteiger partial charge is 0.311 e. The van der Waals surface area contributed by atoms with Gasteiger partial charge in [-0.25, -0.2) is 0 Å². The highest BCUT2D eigenvalue weighted by Gasteiger charge is 2.22. The molecule has 0 radical (unpaired) electrons. The third-order valence-corrected chi connectivity index (χ3v) is 2.84. The molecule has 2 N–H and O–H groups in total. The van der Waals surface area contributed by atoms with Crippen molar-refractivity contribution < 1.29 is 14.0 Å². The van der Waals surface area contributed by atoms with E-state index in [2.05, 4.69) is 10.6 Å². The Hall–Kier alpha value is -1.82. The Bertz CT molecular complexity index is 397. The predicted octanol–water partition coefficient (Wildman–Crippen LogP) is -0.630. The number of piperazine rings is 1. The Morgan fingerprint density at radius 1 is 1.39 bits per heavy atom. The molecule has 1 aromatic rings. The molecule has 0 unspecified atom stereocenters. The normalized spacial score (nSPS) is 15.4. The minimum atomic E-state index is -0.538. The average molecular weight is 251 g/mol. The molecule has 2 amide bonds. The van der Waals surface area contributed by atoms with Gasteiger partial charge in [-0.05, 0) is 12.1 Å². The van der Waals surface area contributed by atoms with Gasteiger partial charge in [0.15, 0.2) is 0 Å². The number of carbonyl (C=O) groups is 2. The molecule has 18 heavy (non-hydrogen) atoms. The summed E-state index contributed by atoms with van der Waals surface area (Å²) in [6.45, 7) is 3.07. The fourth-order valence-electron chi connectivity index (χ4n) is 1.84. The van der Waals surface area contributed by atoms with Crippen LogP contribution in [-0.4, -0.2) is 49.4 Å². The van der Waals surface area contributed by atoms with Crippen molar-refractivity contribution in [2.24, 2.45) is 0 Å². The molecule has 0 aliphatic carbocycles. The van der Waals surface area contributed by atoms with Gasteiger partial charge in [0.05, 0.1) is 6.26 Å². The molecule has 0 spiro atoms. The number of carbonyl (C=O) groups excluding carboxylic acids is 2. The predicted molar refractivity (Wildman–Crippen MR) is 64.9 cm³/mol. The summed E-state index contributed by atoms with van der Waals surface area (Å²) >= 11 is 0. The lowest BCUT2D eigenvalue weighted by molar-refractivity contribution is -0.146. The van der Waals surface area contributed by atoms with Crippen LogP contribution in [0.15, 0.2) is 22.8 Å². The summed E-state index contributed by atoms with van der Waals surface area (Å²) in [5, 5.41) is 5.74. The number of hydrogen-bond acceptors (Lipinski definition) is 4. The van der Waals surface area contributed by atoms with Gasteiger partial charge in [0, 0.05) is 39.1 Å². The third kappa shape index (κ3) is 3.33. The van der Waals surface area contributed by atoms with Crippen molar-refractivity contribution in [1.82, 2.24) is 15.5 Å². The fourth-order valence-corrected chi connectivity index (χ4v) is 1.84. The molecule has 0 aromatic carbocycles. The van der Waals surface area contributed by atoms with Crippen molar-refractivity contribution in [1.29, 1.82) is 0 Å². The van der Waals surface area contributed by atoms with Crippen LogP contribution in [0.5, 0.6) is 0 Å². The van der Waals surface area contributed by atoms with Crippen molar-refractivity contribution in [3.8, 4) is 0 Å². The van der Waals surface area contributed by atoms with Crippen LogP contribution in [0.1, 0.15) is 5.76 Å². The van der Waals surface area contributed by atoms with Crippen molar-refractivity contribution in [3.63, 3.8) is 0 Å². The first kappa shape index (κ1) is 12.6. The zero-order valence-electron chi connectivity index (χ0n) is 10.1. The average Bonchev–Trinajstić information content (AvgIpc) is 2.92. The Morgan fingerprint density at radius 2 is 2.17 bits per heavy atom. The highest BCUT2D eigenvalue weighted by molar-refractivity contribution is 6.35. The standard InChI is InChI=1S/C12H17N3O3/c16-11(12(17)15-7-5-13-6-8-15)14-4-3-10-2-1-9-18-10/h1-2,9,13H,3-8H2,(H,14,16). The lowest BCUT2D eigenvalue weighted by Crippen LogP contribution is -2.51. The van der Waals surface area contributed by atoms with E-state index in [0.29, 0.717) is 26.1 Å². The Balaban J connectivity index is 1.71. The number of furan rings is 1. The van der Waals surface area contributed by atoms with E-state index in [9.17, 15) is 9.59 Å². The molecule has 2 rings (SSSR count). The fraction of sp³-hybridized carbons (Fsp3) is 0.500. The van der Waals surface area contributed by atoms with E-state index in [1.165, 1.54) is 0 Å². The lowest BCUT2D eigenvalue weighted by atomic mass is 10.3. The monoisotopic (exact) mass is 251 g/mol. The number of hydrogen-bond donors (Lipinski definition) is 2. The zero-order valence-corrected chi connectivity index (χ0v) is 10.1. The first-order valence-corrected chi connectivity index (χ1v) is 6.07. The van der Waals surface area contributed by atoms with Gasteiger partial charge in [-0.15, -0.1) is 0 Å². The maximum atomic E-state index is 11.8. The van der Waals surface area contributed by atoms with Gasteiger partial charge in [-0.1, -0.05) is 0 Å². The highest BCUT2D eigenvalue weighted by Crippen LogP contribution is 1.99. The number of nitrogens with one attached hydrogen (secondary N) is 2. The summed E-state index contributed by atoms with van der Waals surface area (Å²) in [7, 11) is 0. The largest absolute Gasteiger partial charge is 0.469 e. The molecule has 1 fully saturated rings. The van der Waals surface area contributed by atoms with E-state index in [1.807, 2.05) is 6.07 Å². The van der Waals surface area contributed by atoms with Crippen LogP contribution in [0.25, 0.3) is 0 Å². The van der Waals surface area contributed by atoms with Gasteiger partial charge in [-0.2, -0.15) is 0 Å². The maximum Gasteiger partial charge on any atom is 0.311 e. The second kappa shape index (κ2) is 6.20. The first-order valence-electron chi connectivity index (χ1n) is 6.07. The van der Waals surface area contributed by atoms with Crippen LogP contribution in [-0.2, 0) is 16.0 Å². The summed E-state index contributed by atoms with van der Waals surface area (Å²) in [5.74, 6) is -0.190. The van der Waals surface area contributed by atoms with Crippen LogP contribution >= 0.6 is 0 Å². The molecule has 6 nitrogen and oxygen atoms in total.